The van der Waals surface area contributed by atoms with Gasteiger partial charge in [0.25, 0.3) is 0 Å². The summed E-state index contributed by atoms with van der Waals surface area (Å²) in [6.07, 6.45) is 2.48. The number of nitrogens with zero attached hydrogens (tertiary/aromatic N) is 5. The first-order chi connectivity index (χ1) is 15.1. The predicted octanol–water partition coefficient (Wildman–Crippen LogP) is 2.90. The van der Waals surface area contributed by atoms with E-state index in [0.29, 0.717) is 19.1 Å². The van der Waals surface area contributed by atoms with Gasteiger partial charge in [0.1, 0.15) is 23.7 Å². The van der Waals surface area contributed by atoms with Crippen molar-refractivity contribution >= 4 is 16.9 Å². The summed E-state index contributed by atoms with van der Waals surface area (Å²) in [6, 6.07) is 8.69. The van der Waals surface area contributed by atoms with Crippen LogP contribution in [0, 0.1) is 13.8 Å². The lowest BCUT2D eigenvalue weighted by molar-refractivity contribution is 0.267. The van der Waals surface area contributed by atoms with E-state index in [2.05, 4.69) is 45.6 Å². The molecule has 1 aliphatic rings. The highest BCUT2D eigenvalue weighted by Crippen LogP contribution is 2.24. The number of nitrogens with one attached hydrogen (secondary N) is 2. The van der Waals surface area contributed by atoms with Crippen LogP contribution in [0.2, 0.25) is 0 Å². The number of para-hydroxylation sites is 1. The molecule has 1 unspecified atom stereocenters. The van der Waals surface area contributed by atoms with Crippen LogP contribution < -0.4 is 10.6 Å². The van der Waals surface area contributed by atoms with Gasteiger partial charge in [-0.1, -0.05) is 25.1 Å². The Morgan fingerprint density at radius 3 is 2.81 bits per heavy atom. The fourth-order valence-corrected chi connectivity index (χ4v) is 4.23. The summed E-state index contributed by atoms with van der Waals surface area (Å²) in [5.74, 6) is 3.43. The van der Waals surface area contributed by atoms with Crippen LogP contribution in [0.1, 0.15) is 42.7 Å². The van der Waals surface area contributed by atoms with Crippen molar-refractivity contribution < 1.29 is 4.42 Å². The number of fused-ring (bicyclic) bond motifs is 1. The maximum absolute atomic E-state index is 6.07. The highest BCUT2D eigenvalue weighted by molar-refractivity contribution is 5.83. The van der Waals surface area contributed by atoms with Crippen LogP contribution in [0.15, 0.2) is 33.7 Å². The van der Waals surface area contributed by atoms with E-state index in [1.165, 1.54) is 24.9 Å². The Hall–Kier alpha value is -2.87. The second kappa shape index (κ2) is 9.51. The standard InChI is InChI=1S/C23H33N7O/c1-5-30-12-8-9-18(30)13-24-23(26-15-22-28-27-17(3)29(22)4)25-14-21-16(2)19-10-6-7-11-20(19)31-21/h6-7,10-11,18H,5,8-9,12-15H2,1-4H3,(H2,24,25,26). The first kappa shape index (κ1) is 21.4. The van der Waals surface area contributed by atoms with E-state index in [9.17, 15) is 0 Å². The lowest BCUT2D eigenvalue weighted by atomic mass is 10.1. The van der Waals surface area contributed by atoms with Gasteiger partial charge in [-0.2, -0.15) is 0 Å². The molecule has 31 heavy (non-hydrogen) atoms. The molecule has 1 atom stereocenters. The molecule has 8 heteroatoms. The molecular weight excluding hydrogens is 390 g/mol. The minimum Gasteiger partial charge on any atom is -0.459 e. The van der Waals surface area contributed by atoms with Crippen LogP contribution >= 0.6 is 0 Å². The van der Waals surface area contributed by atoms with Crippen LogP contribution in [0.3, 0.4) is 0 Å². The molecule has 0 spiro atoms. The van der Waals surface area contributed by atoms with Crippen molar-refractivity contribution in [3.8, 4) is 0 Å². The Balaban J connectivity index is 1.47. The first-order valence-corrected chi connectivity index (χ1v) is 11.1. The van der Waals surface area contributed by atoms with Gasteiger partial charge in [0.15, 0.2) is 11.8 Å². The summed E-state index contributed by atoms with van der Waals surface area (Å²) in [6.45, 7) is 10.5. The van der Waals surface area contributed by atoms with Gasteiger partial charge in [-0.05, 0) is 45.8 Å². The van der Waals surface area contributed by atoms with Gasteiger partial charge >= 0.3 is 0 Å². The summed E-state index contributed by atoms with van der Waals surface area (Å²) in [5, 5.41) is 16.5. The van der Waals surface area contributed by atoms with Gasteiger partial charge in [0.2, 0.25) is 0 Å². The predicted molar refractivity (Wildman–Crippen MR) is 123 cm³/mol. The fourth-order valence-electron chi connectivity index (χ4n) is 4.23. The maximum atomic E-state index is 6.07. The normalized spacial score (nSPS) is 17.5. The lowest BCUT2D eigenvalue weighted by Gasteiger charge is -2.24. The average Bonchev–Trinajstić information content (AvgIpc) is 3.46. The summed E-state index contributed by atoms with van der Waals surface area (Å²) < 4.78 is 8.04. The number of rotatable bonds is 7. The van der Waals surface area contributed by atoms with Crippen molar-refractivity contribution in [2.24, 2.45) is 12.0 Å². The molecule has 2 aromatic heterocycles. The molecule has 0 amide bonds. The van der Waals surface area contributed by atoms with Gasteiger partial charge in [-0.15, -0.1) is 10.2 Å². The number of furan rings is 1. The number of aryl methyl sites for hydroxylation is 2. The number of hydrogen-bond acceptors (Lipinski definition) is 5. The Labute approximate surface area is 183 Å². The first-order valence-electron chi connectivity index (χ1n) is 11.1. The average molecular weight is 424 g/mol. The molecule has 4 rings (SSSR count). The summed E-state index contributed by atoms with van der Waals surface area (Å²) in [5.41, 5.74) is 2.08. The van der Waals surface area contributed by atoms with Gasteiger partial charge in [-0.25, -0.2) is 4.99 Å². The van der Waals surface area contributed by atoms with E-state index in [0.717, 1.165) is 47.4 Å². The Bertz CT molecular complexity index is 1050. The van der Waals surface area contributed by atoms with Crippen molar-refractivity contribution in [2.75, 3.05) is 19.6 Å². The van der Waals surface area contributed by atoms with Crippen LogP contribution in [0.25, 0.3) is 11.0 Å². The third-order valence-electron chi connectivity index (χ3n) is 6.33. The van der Waals surface area contributed by atoms with Crippen molar-refractivity contribution in [2.45, 2.75) is 52.7 Å². The van der Waals surface area contributed by atoms with Crippen molar-refractivity contribution in [1.29, 1.82) is 0 Å². The molecule has 0 radical (unpaired) electrons. The van der Waals surface area contributed by atoms with Crippen LogP contribution in [-0.4, -0.2) is 51.3 Å². The number of guanidine groups is 1. The zero-order valence-corrected chi connectivity index (χ0v) is 19.0. The minimum atomic E-state index is 0.466. The molecule has 2 N–H and O–H groups in total. The summed E-state index contributed by atoms with van der Waals surface area (Å²) in [4.78, 5) is 7.32. The summed E-state index contributed by atoms with van der Waals surface area (Å²) >= 11 is 0. The number of likely N-dealkylation sites (tertiary alicyclic amines) is 1. The molecule has 1 aliphatic heterocycles. The van der Waals surface area contributed by atoms with Crippen molar-refractivity contribution in [3.63, 3.8) is 0 Å². The number of hydrogen-bond donors (Lipinski definition) is 2. The monoisotopic (exact) mass is 423 g/mol. The van der Waals surface area contributed by atoms with Crippen LogP contribution in [0.4, 0.5) is 0 Å². The van der Waals surface area contributed by atoms with Crippen LogP contribution in [0.5, 0.6) is 0 Å². The molecule has 3 heterocycles. The molecule has 0 aliphatic carbocycles. The third kappa shape index (κ3) is 4.74. The van der Waals surface area contributed by atoms with E-state index >= 15 is 0 Å². The van der Waals surface area contributed by atoms with Gasteiger partial charge in [0, 0.05) is 30.6 Å². The highest BCUT2D eigenvalue weighted by atomic mass is 16.3. The largest absolute Gasteiger partial charge is 0.459 e. The summed E-state index contributed by atoms with van der Waals surface area (Å²) in [7, 11) is 1.97. The Morgan fingerprint density at radius 1 is 1.23 bits per heavy atom. The molecular formula is C23H33N7O. The zero-order chi connectivity index (χ0) is 21.8. The molecule has 0 saturated carbocycles. The second-order valence-electron chi connectivity index (χ2n) is 8.19. The van der Waals surface area contributed by atoms with Gasteiger partial charge in [0.05, 0.1) is 6.54 Å². The molecule has 166 valence electrons. The minimum absolute atomic E-state index is 0.466. The van der Waals surface area contributed by atoms with E-state index in [-0.39, 0.29) is 0 Å². The third-order valence-corrected chi connectivity index (χ3v) is 6.33. The van der Waals surface area contributed by atoms with Gasteiger partial charge < -0.3 is 19.6 Å². The Kier molecular flexibility index (Phi) is 6.56. The molecule has 1 aromatic carbocycles. The Morgan fingerprint density at radius 2 is 2.06 bits per heavy atom. The highest BCUT2D eigenvalue weighted by Gasteiger charge is 2.23. The van der Waals surface area contributed by atoms with Crippen molar-refractivity contribution in [1.82, 2.24) is 30.3 Å². The van der Waals surface area contributed by atoms with E-state index in [4.69, 9.17) is 9.41 Å². The fraction of sp³-hybridized carbons (Fsp3) is 0.522. The molecule has 1 saturated heterocycles. The molecule has 0 bridgehead atoms. The smallest absolute Gasteiger partial charge is 0.192 e. The SMILES string of the molecule is CCN1CCCC1CNC(=NCc1nnc(C)n1C)NCc1oc2ccccc2c1C. The van der Waals surface area contributed by atoms with Crippen LogP contribution in [-0.2, 0) is 20.1 Å². The topological polar surface area (TPSA) is 83.5 Å². The lowest BCUT2D eigenvalue weighted by Crippen LogP contribution is -2.44. The van der Waals surface area contributed by atoms with E-state index < -0.39 is 0 Å². The second-order valence-corrected chi connectivity index (χ2v) is 8.19. The molecule has 8 nitrogen and oxygen atoms in total. The van der Waals surface area contributed by atoms with E-state index in [1.54, 1.807) is 0 Å². The maximum Gasteiger partial charge on any atom is 0.192 e. The number of benzene rings is 1. The number of aliphatic imine (C=N–C) groups is 1. The molecule has 3 aromatic rings. The number of likely N-dealkylation sites (N-methyl/N-ethyl adjacent to an activating group) is 1. The molecule has 1 fully saturated rings. The van der Waals surface area contributed by atoms with Gasteiger partial charge in [-0.3, -0.25) is 4.90 Å². The van der Waals surface area contributed by atoms with Crippen molar-refractivity contribution in [3.05, 3.63) is 47.2 Å². The quantitative estimate of drug-likeness (QED) is 0.449. The number of aromatic nitrogens is 3. The zero-order valence-electron chi connectivity index (χ0n) is 19.0. The van der Waals surface area contributed by atoms with E-state index in [1.807, 2.05) is 36.7 Å².